The van der Waals surface area contributed by atoms with Crippen LogP contribution in [0, 0.1) is 0 Å². The monoisotopic (exact) mass is 300 g/mol. The molecule has 1 heterocycles. The van der Waals surface area contributed by atoms with E-state index >= 15 is 0 Å². The van der Waals surface area contributed by atoms with Crippen LogP contribution in [0.25, 0.3) is 0 Å². The zero-order valence-electron chi connectivity index (χ0n) is 11.3. The summed E-state index contributed by atoms with van der Waals surface area (Å²) in [7, 11) is -8.03. The van der Waals surface area contributed by atoms with Crippen molar-refractivity contribution in [2.75, 3.05) is 6.61 Å². The predicted octanol–water partition coefficient (Wildman–Crippen LogP) is 3.09. The van der Waals surface area contributed by atoms with Gasteiger partial charge in [-0.3, -0.25) is 13.7 Å². The van der Waals surface area contributed by atoms with Gasteiger partial charge < -0.3 is 14.3 Å². The number of hydrogen-bond donors (Lipinski definition) is 2. The van der Waals surface area contributed by atoms with Crippen molar-refractivity contribution in [1.82, 2.24) is 0 Å². The van der Waals surface area contributed by atoms with Crippen molar-refractivity contribution in [3.05, 3.63) is 0 Å². The first-order chi connectivity index (χ1) is 8.10. The van der Waals surface area contributed by atoms with Crippen molar-refractivity contribution in [1.29, 1.82) is 0 Å². The van der Waals surface area contributed by atoms with Crippen LogP contribution in [0.2, 0.25) is 0 Å². The first-order valence-corrected chi connectivity index (χ1v) is 9.26. The maximum Gasteiger partial charge on any atom is 0.357 e. The van der Waals surface area contributed by atoms with Gasteiger partial charge in [-0.2, -0.15) is 0 Å². The van der Waals surface area contributed by atoms with Crippen molar-refractivity contribution in [3.63, 3.8) is 0 Å². The Labute approximate surface area is 108 Å². The molecule has 108 valence electrons. The Morgan fingerprint density at radius 2 is 1.83 bits per heavy atom. The van der Waals surface area contributed by atoms with Crippen LogP contribution in [-0.2, 0) is 18.2 Å². The number of hydrogen-bond acceptors (Lipinski definition) is 4. The van der Waals surface area contributed by atoms with Crippen LogP contribution in [0.1, 0.15) is 47.0 Å². The van der Waals surface area contributed by atoms with E-state index in [1.54, 1.807) is 6.92 Å². The molecule has 1 aliphatic heterocycles. The molecule has 2 N–H and O–H groups in total. The lowest BCUT2D eigenvalue weighted by molar-refractivity contribution is 0.129. The summed E-state index contributed by atoms with van der Waals surface area (Å²) in [5.41, 5.74) is 0. The highest BCUT2D eigenvalue weighted by Gasteiger charge is 2.66. The summed E-state index contributed by atoms with van der Waals surface area (Å²) in [6.07, 6.45) is 1.04. The van der Waals surface area contributed by atoms with Gasteiger partial charge in [-0.15, -0.1) is 0 Å². The second-order valence-electron chi connectivity index (χ2n) is 4.83. The maximum absolute atomic E-state index is 12.8. The smallest absolute Gasteiger partial charge is 0.322 e. The van der Waals surface area contributed by atoms with E-state index in [-0.39, 0.29) is 13.0 Å². The highest BCUT2D eigenvalue weighted by atomic mass is 31.2. The zero-order chi connectivity index (χ0) is 14.2. The van der Waals surface area contributed by atoms with E-state index in [2.05, 4.69) is 0 Å². The topological polar surface area (TPSA) is 93.1 Å². The van der Waals surface area contributed by atoms with Gasteiger partial charge in [0.2, 0.25) is 0 Å². The fourth-order valence-corrected chi connectivity index (χ4v) is 6.57. The molecule has 1 aliphatic rings. The zero-order valence-corrected chi connectivity index (χ0v) is 13.0. The Hall–Kier alpha value is 0.300. The van der Waals surface area contributed by atoms with Gasteiger partial charge >= 0.3 is 15.2 Å². The largest absolute Gasteiger partial charge is 0.357 e. The van der Waals surface area contributed by atoms with Crippen LogP contribution < -0.4 is 0 Å². The molecule has 2 unspecified atom stereocenters. The van der Waals surface area contributed by atoms with Crippen molar-refractivity contribution in [2.45, 2.75) is 57.5 Å². The summed E-state index contributed by atoms with van der Waals surface area (Å²) in [5.74, 6) is 0. The first-order valence-electron chi connectivity index (χ1n) is 6.11. The summed E-state index contributed by atoms with van der Waals surface area (Å²) in [6, 6.07) is 0. The molecule has 0 amide bonds. The van der Waals surface area contributed by atoms with E-state index in [1.165, 1.54) is 6.92 Å². The third kappa shape index (κ3) is 2.35. The summed E-state index contributed by atoms with van der Waals surface area (Å²) >= 11 is 0. The molecule has 0 spiro atoms. The summed E-state index contributed by atoms with van der Waals surface area (Å²) in [5, 5.41) is -2.53. The molecule has 0 aliphatic carbocycles. The van der Waals surface area contributed by atoms with Crippen molar-refractivity contribution in [2.24, 2.45) is 0 Å². The summed E-state index contributed by atoms with van der Waals surface area (Å²) in [4.78, 5) is 18.8. The Bertz CT molecular complexity index is 399. The van der Waals surface area contributed by atoms with E-state index in [1.807, 2.05) is 13.8 Å². The van der Waals surface area contributed by atoms with E-state index in [0.29, 0.717) is 12.8 Å². The minimum Gasteiger partial charge on any atom is -0.322 e. The Balaban J connectivity index is 3.28. The van der Waals surface area contributed by atoms with E-state index in [4.69, 9.17) is 9.05 Å². The molecule has 0 saturated carbocycles. The molecule has 0 aromatic heterocycles. The molecule has 0 bridgehead atoms. The van der Waals surface area contributed by atoms with Gasteiger partial charge in [0.05, 0.1) is 11.8 Å². The van der Waals surface area contributed by atoms with Crippen LogP contribution in [0.3, 0.4) is 0 Å². The molecule has 1 fully saturated rings. The quantitative estimate of drug-likeness (QED) is 0.758. The van der Waals surface area contributed by atoms with Crippen LogP contribution in [-0.4, -0.2) is 26.9 Å². The maximum atomic E-state index is 12.8. The number of rotatable bonds is 5. The van der Waals surface area contributed by atoms with E-state index in [9.17, 15) is 18.9 Å². The first kappa shape index (κ1) is 16.4. The summed E-state index contributed by atoms with van der Waals surface area (Å²) in [6.45, 7) is 6.86. The minimum absolute atomic E-state index is 0.0502. The van der Waals surface area contributed by atoms with Crippen LogP contribution >= 0.6 is 15.2 Å². The Morgan fingerprint density at radius 1 is 1.33 bits per heavy atom. The predicted molar refractivity (Wildman–Crippen MR) is 68.7 cm³/mol. The molecule has 18 heavy (non-hydrogen) atoms. The van der Waals surface area contributed by atoms with Gasteiger partial charge in [0.15, 0.2) is 5.34 Å². The van der Waals surface area contributed by atoms with Gasteiger partial charge in [0.25, 0.3) is 0 Å². The second kappa shape index (κ2) is 5.01. The van der Waals surface area contributed by atoms with Crippen LogP contribution in [0.15, 0.2) is 0 Å². The van der Waals surface area contributed by atoms with Gasteiger partial charge in [-0.25, -0.2) is 0 Å². The van der Waals surface area contributed by atoms with Gasteiger partial charge in [-0.05, 0) is 26.7 Å². The molecule has 8 heteroatoms. The fraction of sp³-hybridized carbons (Fsp3) is 1.00. The molecule has 6 nitrogen and oxygen atoms in total. The third-order valence-corrected chi connectivity index (χ3v) is 8.61. The molecule has 1 rings (SSSR count). The minimum atomic E-state index is -4.51. The summed E-state index contributed by atoms with van der Waals surface area (Å²) < 4.78 is 34.9. The normalized spacial score (nSPS) is 35.9. The Kier molecular flexibility index (Phi) is 4.55. The molecule has 0 aromatic carbocycles. The van der Waals surface area contributed by atoms with Crippen molar-refractivity contribution in [3.8, 4) is 0 Å². The van der Waals surface area contributed by atoms with Crippen molar-refractivity contribution < 1.29 is 28.0 Å². The lowest BCUT2D eigenvalue weighted by atomic mass is 9.95. The lowest BCUT2D eigenvalue weighted by Crippen LogP contribution is -2.29. The second-order valence-corrected chi connectivity index (χ2v) is 9.25. The van der Waals surface area contributed by atoms with Crippen LogP contribution in [0.4, 0.5) is 0 Å². The molecule has 1 saturated heterocycles. The molecule has 0 aromatic rings. The van der Waals surface area contributed by atoms with Crippen LogP contribution in [0.5, 0.6) is 0 Å². The van der Waals surface area contributed by atoms with E-state index < -0.39 is 25.7 Å². The highest BCUT2D eigenvalue weighted by Crippen LogP contribution is 2.78. The van der Waals surface area contributed by atoms with E-state index in [0.717, 1.165) is 0 Å². The molecular weight excluding hydrogens is 278 g/mol. The van der Waals surface area contributed by atoms with Crippen molar-refractivity contribution >= 4 is 15.2 Å². The molecular formula is C10H22O6P2. The third-order valence-electron chi connectivity index (χ3n) is 3.79. The highest BCUT2D eigenvalue weighted by molar-refractivity contribution is 7.59. The fourth-order valence-electron chi connectivity index (χ4n) is 2.47. The average molecular weight is 300 g/mol. The SMILES string of the molecule is CCOP1(=O)OC(C)(P(=O)(O)O)CC1(CC)CC. The van der Waals surface area contributed by atoms with Gasteiger partial charge in [-0.1, -0.05) is 13.8 Å². The standard InChI is InChI=1S/C10H22O6P2/c1-5-10(6-2)8-9(4,17(11,12)13)16-18(10,14)15-7-3/h5-8H2,1-4H3,(H2,11,12,13). The molecule has 0 radical (unpaired) electrons. The van der Waals surface area contributed by atoms with Gasteiger partial charge in [0, 0.05) is 6.42 Å². The average Bonchev–Trinajstić information content (AvgIpc) is 2.47. The lowest BCUT2D eigenvalue weighted by Gasteiger charge is -2.29. The van der Waals surface area contributed by atoms with Gasteiger partial charge in [0.1, 0.15) is 0 Å². The molecule has 2 atom stereocenters. The Morgan fingerprint density at radius 3 is 2.17 bits per heavy atom.